The lowest BCUT2D eigenvalue weighted by atomic mass is 9.85. The van der Waals surface area contributed by atoms with Gasteiger partial charge in [0.25, 0.3) is 5.91 Å². The van der Waals surface area contributed by atoms with E-state index in [4.69, 9.17) is 4.42 Å². The van der Waals surface area contributed by atoms with Gasteiger partial charge in [0.2, 0.25) is 11.6 Å². The summed E-state index contributed by atoms with van der Waals surface area (Å²) >= 11 is 0. The van der Waals surface area contributed by atoms with Crippen molar-refractivity contribution in [2.24, 2.45) is 0 Å². The van der Waals surface area contributed by atoms with Crippen LogP contribution in [-0.4, -0.2) is 46.8 Å². The number of piperidine rings is 1. The molecule has 8 heteroatoms. The zero-order chi connectivity index (χ0) is 21.0. The number of hydrogen-bond acceptors (Lipinski definition) is 7. The lowest BCUT2D eigenvalue weighted by Crippen LogP contribution is -2.42. The molecule has 1 aromatic heterocycles. The predicted molar refractivity (Wildman–Crippen MR) is 106 cm³/mol. The van der Waals surface area contributed by atoms with E-state index in [2.05, 4.69) is 10.6 Å². The molecule has 1 aliphatic carbocycles. The maximum Gasteiger partial charge on any atom is 0.287 e. The molecule has 5 rings (SSSR count). The van der Waals surface area contributed by atoms with Crippen molar-refractivity contribution in [3.8, 4) is 11.5 Å². The van der Waals surface area contributed by atoms with E-state index in [1.54, 1.807) is 18.2 Å². The number of amides is 1. The highest BCUT2D eigenvalue weighted by Gasteiger charge is 2.40. The molecule has 8 nitrogen and oxygen atoms in total. The van der Waals surface area contributed by atoms with Gasteiger partial charge in [-0.1, -0.05) is 24.3 Å². The van der Waals surface area contributed by atoms with E-state index < -0.39 is 23.2 Å². The van der Waals surface area contributed by atoms with Gasteiger partial charge in [-0.15, -0.1) is 0 Å². The van der Waals surface area contributed by atoms with Crippen molar-refractivity contribution in [1.29, 1.82) is 0 Å². The first-order chi connectivity index (χ1) is 14.5. The van der Waals surface area contributed by atoms with Gasteiger partial charge >= 0.3 is 0 Å². The standard InChI is InChI=1S/C22H18N2O6/c25-17-11-3-1-2-4-12(11)18(26)16-15(17)19(27)13-9-14(30-21(13)20(16)28)22(29)24-10-5-7-23-8-6-10/h1-4,9-10,23,25-26H,5-8H2,(H,24,29). The summed E-state index contributed by atoms with van der Waals surface area (Å²) in [4.78, 5) is 38.7. The molecular formula is C22H18N2O6. The molecule has 2 heterocycles. The Morgan fingerprint density at radius 2 is 1.60 bits per heavy atom. The number of aromatic hydroxyl groups is 2. The van der Waals surface area contributed by atoms with Crippen LogP contribution in [0.5, 0.6) is 11.5 Å². The third kappa shape index (κ3) is 2.61. The molecule has 1 fully saturated rings. The summed E-state index contributed by atoms with van der Waals surface area (Å²) in [5.74, 6) is -3.20. The number of carbonyl (C=O) groups is 3. The summed E-state index contributed by atoms with van der Waals surface area (Å²) in [7, 11) is 0. The largest absolute Gasteiger partial charge is 0.506 e. The Labute approximate surface area is 170 Å². The van der Waals surface area contributed by atoms with Crippen LogP contribution in [0.4, 0.5) is 0 Å². The van der Waals surface area contributed by atoms with Crippen LogP contribution in [-0.2, 0) is 0 Å². The first-order valence-corrected chi connectivity index (χ1v) is 9.68. The molecule has 0 saturated carbocycles. The third-order valence-electron chi connectivity index (χ3n) is 5.70. The summed E-state index contributed by atoms with van der Waals surface area (Å²) in [6.45, 7) is 1.58. The molecular weight excluding hydrogens is 388 g/mol. The summed E-state index contributed by atoms with van der Waals surface area (Å²) < 4.78 is 5.47. The molecule has 2 aliphatic rings. The van der Waals surface area contributed by atoms with Crippen LogP contribution in [0.1, 0.15) is 55.4 Å². The van der Waals surface area contributed by atoms with Crippen molar-refractivity contribution < 1.29 is 29.0 Å². The minimum absolute atomic E-state index is 0.0251. The van der Waals surface area contributed by atoms with Crippen LogP contribution in [0, 0.1) is 0 Å². The second kappa shape index (κ2) is 6.70. The van der Waals surface area contributed by atoms with E-state index >= 15 is 0 Å². The average molecular weight is 406 g/mol. The van der Waals surface area contributed by atoms with Gasteiger partial charge in [-0.05, 0) is 25.9 Å². The Hall–Kier alpha value is -3.65. The summed E-state index contributed by atoms with van der Waals surface area (Å²) in [6, 6.07) is 7.58. The van der Waals surface area contributed by atoms with Gasteiger partial charge in [-0.25, -0.2) is 0 Å². The summed E-state index contributed by atoms with van der Waals surface area (Å²) in [5.41, 5.74) is -0.703. The number of carbonyl (C=O) groups excluding carboxylic acids is 3. The Kier molecular flexibility index (Phi) is 4.11. The Balaban J connectivity index is 1.58. The fraction of sp³-hybridized carbons (Fsp3) is 0.227. The monoisotopic (exact) mass is 406 g/mol. The van der Waals surface area contributed by atoms with Crippen molar-refractivity contribution in [1.82, 2.24) is 10.6 Å². The molecule has 0 atom stereocenters. The van der Waals surface area contributed by atoms with E-state index in [0.717, 1.165) is 25.9 Å². The normalized spacial score (nSPS) is 16.4. The number of ketones is 2. The van der Waals surface area contributed by atoms with Crippen LogP contribution >= 0.6 is 0 Å². The van der Waals surface area contributed by atoms with Crippen LogP contribution in [0.25, 0.3) is 10.8 Å². The van der Waals surface area contributed by atoms with Crippen molar-refractivity contribution in [3.05, 3.63) is 58.5 Å². The molecule has 1 amide bonds. The summed E-state index contributed by atoms with van der Waals surface area (Å²) in [5, 5.41) is 27.9. The number of fused-ring (bicyclic) bond motifs is 3. The second-order valence-corrected chi connectivity index (χ2v) is 7.50. The maximum atomic E-state index is 13.1. The topological polar surface area (TPSA) is 129 Å². The molecule has 1 aliphatic heterocycles. The van der Waals surface area contributed by atoms with Gasteiger partial charge in [-0.2, -0.15) is 0 Å². The number of benzene rings is 2. The Morgan fingerprint density at radius 3 is 2.23 bits per heavy atom. The highest BCUT2D eigenvalue weighted by atomic mass is 16.4. The molecule has 4 N–H and O–H groups in total. The van der Waals surface area contributed by atoms with Gasteiger partial charge in [0, 0.05) is 22.9 Å². The number of phenolic OH excluding ortho intramolecular Hbond substituents is 2. The van der Waals surface area contributed by atoms with E-state index in [-0.39, 0.29) is 50.8 Å². The van der Waals surface area contributed by atoms with Crippen LogP contribution in [0.3, 0.4) is 0 Å². The number of nitrogens with one attached hydrogen (secondary N) is 2. The summed E-state index contributed by atoms with van der Waals surface area (Å²) in [6.07, 6.45) is 1.54. The van der Waals surface area contributed by atoms with Gasteiger partial charge in [0.1, 0.15) is 11.5 Å². The fourth-order valence-electron chi connectivity index (χ4n) is 4.16. The van der Waals surface area contributed by atoms with Crippen molar-refractivity contribution in [3.63, 3.8) is 0 Å². The molecule has 0 radical (unpaired) electrons. The lowest BCUT2D eigenvalue weighted by Gasteiger charge is -2.23. The smallest absolute Gasteiger partial charge is 0.287 e. The van der Waals surface area contributed by atoms with Crippen LogP contribution < -0.4 is 10.6 Å². The van der Waals surface area contributed by atoms with E-state index in [1.807, 2.05) is 0 Å². The second-order valence-electron chi connectivity index (χ2n) is 7.50. The van der Waals surface area contributed by atoms with Gasteiger partial charge in [0.05, 0.1) is 16.7 Å². The van der Waals surface area contributed by atoms with E-state index in [0.29, 0.717) is 0 Å². The number of hydrogen-bond donors (Lipinski definition) is 4. The van der Waals surface area contributed by atoms with Crippen molar-refractivity contribution >= 4 is 28.2 Å². The molecule has 30 heavy (non-hydrogen) atoms. The molecule has 0 bridgehead atoms. The zero-order valence-corrected chi connectivity index (χ0v) is 15.8. The third-order valence-corrected chi connectivity index (χ3v) is 5.70. The Bertz CT molecular complexity index is 1160. The first-order valence-electron chi connectivity index (χ1n) is 9.68. The number of rotatable bonds is 2. The molecule has 0 unspecified atom stereocenters. The SMILES string of the molecule is O=C(NC1CCNCC1)c1cc2c(o1)C(=O)c1c(c(O)c3ccccc3c1O)C2=O. The average Bonchev–Trinajstić information content (AvgIpc) is 3.22. The minimum Gasteiger partial charge on any atom is -0.506 e. The number of phenols is 2. The molecule has 1 saturated heterocycles. The highest BCUT2D eigenvalue weighted by Crippen LogP contribution is 2.44. The first kappa shape index (κ1) is 18.4. The molecule has 0 spiro atoms. The zero-order valence-electron chi connectivity index (χ0n) is 15.8. The molecule has 152 valence electrons. The highest BCUT2D eigenvalue weighted by molar-refractivity contribution is 6.32. The van der Waals surface area contributed by atoms with Crippen LogP contribution in [0.15, 0.2) is 34.7 Å². The van der Waals surface area contributed by atoms with Crippen LogP contribution in [0.2, 0.25) is 0 Å². The van der Waals surface area contributed by atoms with Gasteiger partial charge in [-0.3, -0.25) is 14.4 Å². The minimum atomic E-state index is -0.751. The maximum absolute atomic E-state index is 13.1. The van der Waals surface area contributed by atoms with E-state index in [9.17, 15) is 24.6 Å². The lowest BCUT2D eigenvalue weighted by molar-refractivity contribution is 0.0892. The van der Waals surface area contributed by atoms with Crippen molar-refractivity contribution in [2.75, 3.05) is 13.1 Å². The Morgan fingerprint density at radius 1 is 1.00 bits per heavy atom. The van der Waals surface area contributed by atoms with Gasteiger partial charge in [0.15, 0.2) is 11.5 Å². The van der Waals surface area contributed by atoms with E-state index in [1.165, 1.54) is 12.1 Å². The number of furan rings is 1. The molecule has 3 aromatic rings. The predicted octanol–water partition coefficient (Wildman–Crippen LogP) is 2.10. The molecule has 2 aromatic carbocycles. The van der Waals surface area contributed by atoms with Crippen molar-refractivity contribution in [2.45, 2.75) is 18.9 Å². The fourth-order valence-corrected chi connectivity index (χ4v) is 4.16. The van der Waals surface area contributed by atoms with Gasteiger partial charge < -0.3 is 25.3 Å². The quantitative estimate of drug-likeness (QED) is 0.375.